The molecule has 1 rings (SSSR count). The van der Waals surface area contributed by atoms with Crippen molar-refractivity contribution in [2.75, 3.05) is 0 Å². The maximum atomic E-state index is 10.3. The normalized spacial score (nSPS) is 28.4. The van der Waals surface area contributed by atoms with Crippen molar-refractivity contribution < 1.29 is 4.79 Å². The average Bonchev–Trinajstić information content (AvgIpc) is 1.85. The minimum Gasteiger partial charge on any atom is -0.321 e. The molecule has 44 valence electrons. The van der Waals surface area contributed by atoms with E-state index in [2.05, 4.69) is 5.32 Å². The summed E-state index contributed by atoms with van der Waals surface area (Å²) in [5.41, 5.74) is 5.26. The van der Waals surface area contributed by atoms with Crippen molar-refractivity contribution in [3.63, 3.8) is 0 Å². The highest BCUT2D eigenvalue weighted by Gasteiger charge is 2.22. The molecule has 0 aromatic rings. The molecule has 1 atom stereocenters. The summed E-state index contributed by atoms with van der Waals surface area (Å²) in [6.45, 7) is 0. The number of hydrogen-bond acceptors (Lipinski definition) is 3. The van der Waals surface area contributed by atoms with Crippen LogP contribution in [-0.4, -0.2) is 17.8 Å². The van der Waals surface area contributed by atoms with Gasteiger partial charge in [0.2, 0.25) is 5.91 Å². The molecule has 0 aromatic heterocycles. The quantitative estimate of drug-likeness (QED) is 0.369. The lowest BCUT2D eigenvalue weighted by molar-refractivity contribution is -0.118. The Balaban J connectivity index is 2.64. The second-order valence-electron chi connectivity index (χ2n) is 1.77. The molecule has 1 aliphatic rings. The number of amidine groups is 1. The SMILES string of the molecule is N=C1NC(=O)CC1N. The fourth-order valence-electron chi connectivity index (χ4n) is 0.596. The van der Waals surface area contributed by atoms with Gasteiger partial charge in [-0.2, -0.15) is 0 Å². The Labute approximate surface area is 46.6 Å². The van der Waals surface area contributed by atoms with E-state index in [-0.39, 0.29) is 24.2 Å². The van der Waals surface area contributed by atoms with Crippen molar-refractivity contribution in [2.24, 2.45) is 5.73 Å². The predicted octanol–water partition coefficient (Wildman–Crippen LogP) is -1.19. The molecule has 1 heterocycles. The number of carbonyl (C=O) groups is 1. The van der Waals surface area contributed by atoms with Gasteiger partial charge in [0, 0.05) is 6.42 Å². The first-order valence-corrected chi connectivity index (χ1v) is 2.34. The van der Waals surface area contributed by atoms with Gasteiger partial charge in [0.15, 0.2) is 0 Å². The molecule has 8 heavy (non-hydrogen) atoms. The van der Waals surface area contributed by atoms with Gasteiger partial charge in [0.25, 0.3) is 0 Å². The molecule has 1 saturated heterocycles. The molecule has 1 amide bonds. The van der Waals surface area contributed by atoms with Crippen molar-refractivity contribution in [3.05, 3.63) is 0 Å². The summed E-state index contributed by atoms with van der Waals surface area (Å²) in [6.07, 6.45) is 0.263. The Kier molecular flexibility index (Phi) is 1.02. The Morgan fingerprint density at radius 3 is 2.62 bits per heavy atom. The summed E-state index contributed by atoms with van der Waals surface area (Å²) >= 11 is 0. The molecule has 0 aliphatic carbocycles. The summed E-state index contributed by atoms with van der Waals surface area (Å²) in [6, 6.07) is -0.387. The first-order valence-electron chi connectivity index (χ1n) is 2.34. The predicted molar refractivity (Wildman–Crippen MR) is 28.5 cm³/mol. The lowest BCUT2D eigenvalue weighted by Crippen LogP contribution is -2.29. The Morgan fingerprint density at radius 1 is 1.88 bits per heavy atom. The van der Waals surface area contributed by atoms with Gasteiger partial charge >= 0.3 is 0 Å². The van der Waals surface area contributed by atoms with E-state index in [0.717, 1.165) is 0 Å². The number of nitrogens with two attached hydrogens (primary N) is 1. The van der Waals surface area contributed by atoms with Gasteiger partial charge in [-0.25, -0.2) is 0 Å². The second kappa shape index (κ2) is 1.56. The fourth-order valence-corrected chi connectivity index (χ4v) is 0.596. The van der Waals surface area contributed by atoms with Crippen LogP contribution in [0, 0.1) is 5.41 Å². The zero-order valence-electron chi connectivity index (χ0n) is 4.27. The molecule has 4 heteroatoms. The van der Waals surface area contributed by atoms with Crippen LogP contribution in [0.2, 0.25) is 0 Å². The molecule has 0 spiro atoms. The van der Waals surface area contributed by atoms with E-state index in [1.807, 2.05) is 0 Å². The van der Waals surface area contributed by atoms with Crippen LogP contribution < -0.4 is 11.1 Å². The average molecular weight is 113 g/mol. The molecule has 4 N–H and O–H groups in total. The molecule has 1 aliphatic heterocycles. The largest absolute Gasteiger partial charge is 0.321 e. The third-order valence-electron chi connectivity index (χ3n) is 1.05. The first kappa shape index (κ1) is 5.24. The number of carbonyl (C=O) groups excluding carboxylic acids is 1. The molecule has 1 fully saturated rings. The summed E-state index contributed by atoms with van der Waals surface area (Å²) in [7, 11) is 0. The second-order valence-corrected chi connectivity index (χ2v) is 1.77. The highest BCUT2D eigenvalue weighted by Crippen LogP contribution is 1.96. The van der Waals surface area contributed by atoms with Crippen LogP contribution in [0.3, 0.4) is 0 Å². The maximum absolute atomic E-state index is 10.3. The van der Waals surface area contributed by atoms with Crippen LogP contribution >= 0.6 is 0 Å². The fraction of sp³-hybridized carbons (Fsp3) is 0.500. The van der Waals surface area contributed by atoms with Crippen molar-refractivity contribution in [2.45, 2.75) is 12.5 Å². The summed E-state index contributed by atoms with van der Waals surface area (Å²) in [4.78, 5) is 10.3. The highest BCUT2D eigenvalue weighted by molar-refractivity contribution is 6.06. The van der Waals surface area contributed by atoms with Crippen LogP contribution in [0.5, 0.6) is 0 Å². The topological polar surface area (TPSA) is 79.0 Å². The molecular formula is C4H7N3O. The van der Waals surface area contributed by atoms with Gasteiger partial charge in [-0.15, -0.1) is 0 Å². The number of amides is 1. The first-order chi connectivity index (χ1) is 3.70. The molecule has 1 unspecified atom stereocenters. The number of hydrogen-bond donors (Lipinski definition) is 3. The van der Waals surface area contributed by atoms with Crippen LogP contribution in [0.25, 0.3) is 0 Å². The highest BCUT2D eigenvalue weighted by atomic mass is 16.2. The summed E-state index contributed by atoms with van der Waals surface area (Å²) in [5.74, 6) is -0.0162. The van der Waals surface area contributed by atoms with E-state index in [0.29, 0.717) is 0 Å². The van der Waals surface area contributed by atoms with Gasteiger partial charge in [-0.05, 0) is 0 Å². The third-order valence-corrected chi connectivity index (χ3v) is 1.05. The minimum absolute atomic E-state index is 0.134. The lowest BCUT2D eigenvalue weighted by Gasteiger charge is -1.94. The number of rotatable bonds is 0. The van der Waals surface area contributed by atoms with Gasteiger partial charge in [0.1, 0.15) is 5.84 Å². The van der Waals surface area contributed by atoms with Crippen LogP contribution in [-0.2, 0) is 4.79 Å². The van der Waals surface area contributed by atoms with Crippen LogP contribution in [0.1, 0.15) is 6.42 Å². The smallest absolute Gasteiger partial charge is 0.227 e. The third kappa shape index (κ3) is 0.696. The Bertz CT molecular complexity index is 142. The van der Waals surface area contributed by atoms with E-state index >= 15 is 0 Å². The Morgan fingerprint density at radius 2 is 2.50 bits per heavy atom. The standard InChI is InChI=1S/C4H7N3O/c5-2-1-3(8)7-4(2)6/h2H,1,5H2,(H2,6,7,8). The Hall–Kier alpha value is -0.900. The van der Waals surface area contributed by atoms with Crippen LogP contribution in [0.4, 0.5) is 0 Å². The van der Waals surface area contributed by atoms with Gasteiger partial charge in [0.05, 0.1) is 6.04 Å². The molecular weight excluding hydrogens is 106 g/mol. The molecule has 0 bridgehead atoms. The zero-order valence-corrected chi connectivity index (χ0v) is 4.27. The van der Waals surface area contributed by atoms with Gasteiger partial charge < -0.3 is 11.1 Å². The summed E-state index contributed by atoms with van der Waals surface area (Å²) < 4.78 is 0. The van der Waals surface area contributed by atoms with Gasteiger partial charge in [-0.1, -0.05) is 0 Å². The maximum Gasteiger partial charge on any atom is 0.227 e. The van der Waals surface area contributed by atoms with E-state index in [4.69, 9.17) is 11.1 Å². The van der Waals surface area contributed by atoms with E-state index in [9.17, 15) is 4.79 Å². The monoisotopic (exact) mass is 113 g/mol. The van der Waals surface area contributed by atoms with Crippen LogP contribution in [0.15, 0.2) is 0 Å². The molecule has 0 aromatic carbocycles. The van der Waals surface area contributed by atoms with Crippen molar-refractivity contribution in [3.8, 4) is 0 Å². The molecule has 0 radical (unpaired) electrons. The summed E-state index contributed by atoms with van der Waals surface area (Å²) in [5, 5.41) is 9.21. The number of nitrogens with one attached hydrogen (secondary N) is 2. The van der Waals surface area contributed by atoms with Crippen molar-refractivity contribution in [1.82, 2.24) is 5.32 Å². The van der Waals surface area contributed by atoms with Crippen molar-refractivity contribution >= 4 is 11.7 Å². The van der Waals surface area contributed by atoms with E-state index in [1.54, 1.807) is 0 Å². The van der Waals surface area contributed by atoms with E-state index < -0.39 is 0 Å². The van der Waals surface area contributed by atoms with E-state index in [1.165, 1.54) is 0 Å². The molecule has 0 saturated carbocycles. The lowest BCUT2D eigenvalue weighted by atomic mass is 10.3. The zero-order chi connectivity index (χ0) is 6.15. The van der Waals surface area contributed by atoms with Crippen molar-refractivity contribution in [1.29, 1.82) is 5.41 Å². The van der Waals surface area contributed by atoms with Gasteiger partial charge in [-0.3, -0.25) is 10.2 Å². The minimum atomic E-state index is -0.387. The molecule has 4 nitrogen and oxygen atoms in total.